The second-order valence-corrected chi connectivity index (χ2v) is 2.87. The highest BCUT2D eigenvalue weighted by Crippen LogP contribution is 2.11. The predicted octanol–water partition coefficient (Wildman–Crippen LogP) is 0.748. The molecule has 2 atom stereocenters. The monoisotopic (exact) mass is 147 g/mol. The van der Waals surface area contributed by atoms with Gasteiger partial charge in [-0.1, -0.05) is 20.8 Å². The Balaban J connectivity index is 3.58. The van der Waals surface area contributed by atoms with Crippen LogP contribution in [0.2, 0.25) is 0 Å². The second-order valence-electron chi connectivity index (χ2n) is 2.87. The summed E-state index contributed by atoms with van der Waals surface area (Å²) in [5, 5.41) is 9.25. The third kappa shape index (κ3) is 3.15. The Morgan fingerprint density at radius 2 is 1.80 bits per heavy atom. The Morgan fingerprint density at radius 1 is 1.30 bits per heavy atom. The first-order chi connectivity index (χ1) is 4.59. The molecule has 0 heterocycles. The van der Waals surface area contributed by atoms with Gasteiger partial charge in [-0.05, 0) is 11.8 Å². The first-order valence-electron chi connectivity index (χ1n) is 3.56. The molecule has 0 aromatic carbocycles. The van der Waals surface area contributed by atoms with Crippen LogP contribution in [0.3, 0.4) is 0 Å². The van der Waals surface area contributed by atoms with Crippen LogP contribution in [0.25, 0.3) is 0 Å². The molecule has 0 aliphatic rings. The van der Waals surface area contributed by atoms with E-state index in [0.717, 1.165) is 0 Å². The van der Waals surface area contributed by atoms with Gasteiger partial charge in [0, 0.05) is 0 Å². The molecule has 0 rings (SSSR count). The summed E-state index contributed by atoms with van der Waals surface area (Å²) >= 11 is 0. The summed E-state index contributed by atoms with van der Waals surface area (Å²) in [6.45, 7) is 6.10. The fraction of sp³-hybridized carbons (Fsp3) is 1.00. The van der Waals surface area contributed by atoms with Crippen molar-refractivity contribution in [3.05, 3.63) is 0 Å². The maximum atomic E-state index is 9.25. The molecule has 0 amide bonds. The number of aliphatic hydroxyl groups excluding tert-OH is 1. The maximum Gasteiger partial charge on any atom is 0.129 e. The van der Waals surface area contributed by atoms with Crippen LogP contribution in [0, 0.1) is 11.8 Å². The van der Waals surface area contributed by atoms with E-state index in [9.17, 15) is 5.11 Å². The first kappa shape index (κ1) is 9.88. The molecule has 2 unspecified atom stereocenters. The van der Waals surface area contributed by atoms with Gasteiger partial charge in [-0.15, -0.1) is 0 Å². The normalized spacial score (nSPS) is 17.4. The topological polar surface area (TPSA) is 41.5 Å². The third-order valence-corrected chi connectivity index (χ3v) is 1.79. The Kier molecular flexibility index (Phi) is 4.60. The number of nitrogens with one attached hydrogen (secondary N) is 1. The fourth-order valence-electron chi connectivity index (χ4n) is 0.593. The first-order valence-corrected chi connectivity index (χ1v) is 3.56. The van der Waals surface area contributed by atoms with Crippen molar-refractivity contribution in [3.63, 3.8) is 0 Å². The molecular weight excluding hydrogens is 130 g/mol. The van der Waals surface area contributed by atoms with Crippen LogP contribution in [0.15, 0.2) is 0 Å². The second kappa shape index (κ2) is 4.66. The SMILES string of the molecule is CONC(O)C(C)C(C)C. The van der Waals surface area contributed by atoms with Gasteiger partial charge in [0.2, 0.25) is 0 Å². The summed E-state index contributed by atoms with van der Waals surface area (Å²) < 4.78 is 0. The molecule has 10 heavy (non-hydrogen) atoms. The highest BCUT2D eigenvalue weighted by Gasteiger charge is 2.16. The Bertz CT molecular complexity index is 85.7. The molecule has 0 aromatic heterocycles. The number of hydrogen-bond donors (Lipinski definition) is 2. The van der Waals surface area contributed by atoms with Gasteiger partial charge in [0.1, 0.15) is 6.23 Å². The van der Waals surface area contributed by atoms with Crippen LogP contribution in [0.5, 0.6) is 0 Å². The zero-order valence-corrected chi connectivity index (χ0v) is 7.09. The lowest BCUT2D eigenvalue weighted by Gasteiger charge is -2.21. The van der Waals surface area contributed by atoms with Gasteiger partial charge in [0.25, 0.3) is 0 Å². The summed E-state index contributed by atoms with van der Waals surface area (Å²) in [4.78, 5) is 4.57. The lowest BCUT2D eigenvalue weighted by atomic mass is 9.97. The zero-order valence-electron chi connectivity index (χ0n) is 7.09. The molecular formula is C7H17NO2. The van der Waals surface area contributed by atoms with E-state index in [1.165, 1.54) is 7.11 Å². The Labute approximate surface area is 62.3 Å². The zero-order chi connectivity index (χ0) is 8.15. The molecule has 0 aliphatic heterocycles. The number of hydroxylamine groups is 1. The van der Waals surface area contributed by atoms with Gasteiger partial charge in [0.15, 0.2) is 0 Å². The van der Waals surface area contributed by atoms with Crippen molar-refractivity contribution in [2.45, 2.75) is 27.0 Å². The van der Waals surface area contributed by atoms with Crippen LogP contribution in [-0.2, 0) is 4.84 Å². The summed E-state index contributed by atoms with van der Waals surface area (Å²) in [7, 11) is 1.50. The molecule has 0 fully saturated rings. The van der Waals surface area contributed by atoms with Gasteiger partial charge in [-0.25, -0.2) is 0 Å². The third-order valence-electron chi connectivity index (χ3n) is 1.79. The van der Waals surface area contributed by atoms with Crippen molar-refractivity contribution >= 4 is 0 Å². The van der Waals surface area contributed by atoms with Crippen molar-refractivity contribution in [3.8, 4) is 0 Å². The molecule has 0 aliphatic carbocycles. The van der Waals surface area contributed by atoms with Gasteiger partial charge >= 0.3 is 0 Å². The summed E-state index contributed by atoms with van der Waals surface area (Å²) in [6.07, 6.45) is -0.565. The highest BCUT2D eigenvalue weighted by atomic mass is 16.7. The lowest BCUT2D eigenvalue weighted by molar-refractivity contribution is -0.0648. The summed E-state index contributed by atoms with van der Waals surface area (Å²) in [6, 6.07) is 0. The fourth-order valence-corrected chi connectivity index (χ4v) is 0.593. The van der Waals surface area contributed by atoms with E-state index in [4.69, 9.17) is 0 Å². The smallest absolute Gasteiger partial charge is 0.129 e. The number of rotatable bonds is 4. The Hall–Kier alpha value is -0.120. The molecule has 0 radical (unpaired) electrons. The minimum absolute atomic E-state index is 0.208. The van der Waals surface area contributed by atoms with E-state index in [2.05, 4.69) is 24.2 Å². The summed E-state index contributed by atoms with van der Waals surface area (Å²) in [5.41, 5.74) is 2.48. The van der Waals surface area contributed by atoms with Crippen molar-refractivity contribution in [1.29, 1.82) is 0 Å². The molecule has 0 aromatic rings. The minimum atomic E-state index is -0.565. The summed E-state index contributed by atoms with van der Waals surface area (Å²) in [5.74, 6) is 0.664. The van der Waals surface area contributed by atoms with Crippen molar-refractivity contribution in [1.82, 2.24) is 5.48 Å². The van der Waals surface area contributed by atoms with Crippen molar-refractivity contribution in [2.24, 2.45) is 11.8 Å². The van der Waals surface area contributed by atoms with Crippen LogP contribution >= 0.6 is 0 Å². The van der Waals surface area contributed by atoms with Crippen molar-refractivity contribution < 1.29 is 9.94 Å². The molecule has 0 saturated carbocycles. The molecule has 0 spiro atoms. The molecule has 3 heteroatoms. The van der Waals surface area contributed by atoms with Gasteiger partial charge in [-0.3, -0.25) is 0 Å². The van der Waals surface area contributed by atoms with Gasteiger partial charge in [-0.2, -0.15) is 5.48 Å². The average Bonchev–Trinajstić information content (AvgIpc) is 1.87. The van der Waals surface area contributed by atoms with Crippen LogP contribution in [-0.4, -0.2) is 18.4 Å². The number of aliphatic hydroxyl groups is 1. The number of hydrogen-bond acceptors (Lipinski definition) is 3. The van der Waals surface area contributed by atoms with E-state index in [-0.39, 0.29) is 5.92 Å². The largest absolute Gasteiger partial charge is 0.376 e. The van der Waals surface area contributed by atoms with Gasteiger partial charge in [0.05, 0.1) is 7.11 Å². The minimum Gasteiger partial charge on any atom is -0.376 e. The van der Waals surface area contributed by atoms with Crippen LogP contribution in [0.1, 0.15) is 20.8 Å². The highest BCUT2D eigenvalue weighted by molar-refractivity contribution is 4.61. The lowest BCUT2D eigenvalue weighted by Crippen LogP contribution is -2.36. The molecule has 0 bridgehead atoms. The van der Waals surface area contributed by atoms with E-state index >= 15 is 0 Å². The van der Waals surface area contributed by atoms with Gasteiger partial charge < -0.3 is 9.94 Å². The molecule has 62 valence electrons. The standard InChI is InChI=1S/C7H17NO2/c1-5(2)6(3)7(9)8-10-4/h5-9H,1-4H3. The van der Waals surface area contributed by atoms with E-state index < -0.39 is 6.23 Å². The Morgan fingerprint density at radius 3 is 2.10 bits per heavy atom. The quantitative estimate of drug-likeness (QED) is 0.455. The van der Waals surface area contributed by atoms with E-state index in [1.807, 2.05) is 6.92 Å². The predicted molar refractivity (Wildman–Crippen MR) is 40.2 cm³/mol. The molecule has 0 saturated heterocycles. The van der Waals surface area contributed by atoms with E-state index in [0.29, 0.717) is 5.92 Å². The maximum absolute atomic E-state index is 9.25. The molecule has 3 nitrogen and oxygen atoms in total. The van der Waals surface area contributed by atoms with Crippen molar-refractivity contribution in [2.75, 3.05) is 7.11 Å². The molecule has 2 N–H and O–H groups in total. The van der Waals surface area contributed by atoms with Crippen LogP contribution in [0.4, 0.5) is 0 Å². The van der Waals surface area contributed by atoms with E-state index in [1.54, 1.807) is 0 Å². The van der Waals surface area contributed by atoms with Crippen LogP contribution < -0.4 is 5.48 Å². The average molecular weight is 147 g/mol.